The number of nitrogens with zero attached hydrogens (tertiary/aromatic N) is 1. The van der Waals surface area contributed by atoms with Crippen molar-refractivity contribution in [2.45, 2.75) is 39.7 Å². The molecule has 1 aliphatic rings. The largest absolute Gasteiger partial charge is 0.324 e. The maximum absolute atomic E-state index is 6.30. The fourth-order valence-electron chi connectivity index (χ4n) is 3.28. The molecule has 0 bridgehead atoms. The number of aryl methyl sites for hydroxylation is 1. The first-order valence-corrected chi connectivity index (χ1v) is 7.59. The van der Waals surface area contributed by atoms with Crippen molar-refractivity contribution >= 4 is 0 Å². The van der Waals surface area contributed by atoms with Crippen molar-refractivity contribution < 1.29 is 0 Å². The molecule has 0 aliphatic carbocycles. The molecule has 0 aromatic heterocycles. The van der Waals surface area contributed by atoms with Crippen molar-refractivity contribution in [3.8, 4) is 0 Å². The van der Waals surface area contributed by atoms with Gasteiger partial charge in [0.25, 0.3) is 0 Å². The van der Waals surface area contributed by atoms with E-state index >= 15 is 0 Å². The van der Waals surface area contributed by atoms with E-state index in [1.807, 2.05) is 0 Å². The van der Waals surface area contributed by atoms with E-state index in [1.54, 1.807) is 0 Å². The van der Waals surface area contributed by atoms with Crippen LogP contribution in [0, 0.1) is 18.8 Å². The molecule has 0 spiro atoms. The molecule has 1 aromatic carbocycles. The predicted octanol–water partition coefficient (Wildman–Crippen LogP) is 3.36. The highest BCUT2D eigenvalue weighted by molar-refractivity contribution is 5.23. The molecule has 0 saturated carbocycles. The minimum atomic E-state index is 0.174. The van der Waals surface area contributed by atoms with E-state index in [0.29, 0.717) is 0 Å². The summed E-state index contributed by atoms with van der Waals surface area (Å²) in [4.78, 5) is 2.59. The van der Waals surface area contributed by atoms with Crippen molar-refractivity contribution in [1.29, 1.82) is 0 Å². The molecule has 1 aliphatic heterocycles. The third-order valence-corrected chi connectivity index (χ3v) is 4.21. The maximum atomic E-state index is 6.30. The number of likely N-dealkylation sites (tertiary alicyclic amines) is 1. The van der Waals surface area contributed by atoms with Gasteiger partial charge in [-0.3, -0.25) is 0 Å². The van der Waals surface area contributed by atoms with Crippen LogP contribution in [0.4, 0.5) is 0 Å². The monoisotopic (exact) mass is 260 g/mol. The number of hydrogen-bond acceptors (Lipinski definition) is 2. The first-order chi connectivity index (χ1) is 9.04. The summed E-state index contributed by atoms with van der Waals surface area (Å²) in [6, 6.07) is 8.82. The lowest BCUT2D eigenvalue weighted by Crippen LogP contribution is -2.39. The lowest BCUT2D eigenvalue weighted by molar-refractivity contribution is 0.137. The minimum Gasteiger partial charge on any atom is -0.324 e. The predicted molar refractivity (Wildman–Crippen MR) is 82.1 cm³/mol. The molecule has 106 valence electrons. The van der Waals surface area contributed by atoms with E-state index in [2.05, 4.69) is 49.9 Å². The molecule has 1 aromatic rings. The molecule has 0 radical (unpaired) electrons. The molecular weight excluding hydrogens is 232 g/mol. The van der Waals surface area contributed by atoms with E-state index in [4.69, 9.17) is 5.73 Å². The highest BCUT2D eigenvalue weighted by Crippen LogP contribution is 2.22. The standard InChI is InChI=1S/C17H28N2/c1-13-4-6-16(7-5-13)17(18)8-9-19-11-14(2)10-15(3)12-19/h4-7,14-15,17H,8-12,18H2,1-3H3. The van der Waals surface area contributed by atoms with Crippen LogP contribution in [-0.2, 0) is 0 Å². The molecule has 0 amide bonds. The number of benzene rings is 1. The minimum absolute atomic E-state index is 0.174. The van der Waals surface area contributed by atoms with Gasteiger partial charge in [0.15, 0.2) is 0 Å². The molecule has 2 N–H and O–H groups in total. The summed E-state index contributed by atoms with van der Waals surface area (Å²) in [5.41, 5.74) is 8.87. The van der Waals surface area contributed by atoms with Gasteiger partial charge in [-0.05, 0) is 43.7 Å². The Kier molecular flexibility index (Phi) is 5.00. The van der Waals surface area contributed by atoms with Crippen LogP contribution in [-0.4, -0.2) is 24.5 Å². The average Bonchev–Trinajstić information content (AvgIpc) is 2.36. The van der Waals surface area contributed by atoms with E-state index in [-0.39, 0.29) is 6.04 Å². The van der Waals surface area contributed by atoms with Gasteiger partial charge in [-0.25, -0.2) is 0 Å². The van der Waals surface area contributed by atoms with Crippen LogP contribution in [0.5, 0.6) is 0 Å². The zero-order valence-corrected chi connectivity index (χ0v) is 12.6. The summed E-state index contributed by atoms with van der Waals surface area (Å²) in [6.45, 7) is 10.5. The van der Waals surface area contributed by atoms with Crippen LogP contribution < -0.4 is 5.73 Å². The Morgan fingerprint density at radius 2 is 1.74 bits per heavy atom. The van der Waals surface area contributed by atoms with Crippen molar-refractivity contribution in [1.82, 2.24) is 4.90 Å². The highest BCUT2D eigenvalue weighted by Gasteiger charge is 2.21. The second kappa shape index (κ2) is 6.53. The Labute approximate surface area is 118 Å². The van der Waals surface area contributed by atoms with Crippen LogP contribution >= 0.6 is 0 Å². The Morgan fingerprint density at radius 3 is 2.32 bits per heavy atom. The van der Waals surface area contributed by atoms with Crippen molar-refractivity contribution in [2.24, 2.45) is 17.6 Å². The van der Waals surface area contributed by atoms with Crippen LogP contribution in [0.15, 0.2) is 24.3 Å². The molecule has 1 saturated heterocycles. The van der Waals surface area contributed by atoms with Crippen molar-refractivity contribution in [3.63, 3.8) is 0 Å². The molecule has 1 heterocycles. The third-order valence-electron chi connectivity index (χ3n) is 4.21. The van der Waals surface area contributed by atoms with Gasteiger partial charge in [-0.1, -0.05) is 43.7 Å². The quantitative estimate of drug-likeness (QED) is 0.899. The normalized spacial score (nSPS) is 26.3. The van der Waals surface area contributed by atoms with Gasteiger partial charge in [0.05, 0.1) is 0 Å². The number of hydrogen-bond donors (Lipinski definition) is 1. The van der Waals surface area contributed by atoms with Gasteiger partial charge in [0.1, 0.15) is 0 Å². The Hall–Kier alpha value is -0.860. The zero-order valence-electron chi connectivity index (χ0n) is 12.6. The van der Waals surface area contributed by atoms with Crippen LogP contribution in [0.25, 0.3) is 0 Å². The average molecular weight is 260 g/mol. The second-order valence-electron chi connectivity index (χ2n) is 6.51. The molecule has 3 atom stereocenters. The fraction of sp³-hybridized carbons (Fsp3) is 0.647. The summed E-state index contributed by atoms with van der Waals surface area (Å²) in [6.07, 6.45) is 2.43. The third kappa shape index (κ3) is 4.32. The number of piperidine rings is 1. The molecule has 1 fully saturated rings. The summed E-state index contributed by atoms with van der Waals surface area (Å²) in [5.74, 6) is 1.67. The molecule has 2 nitrogen and oxygen atoms in total. The molecule has 2 heteroatoms. The van der Waals surface area contributed by atoms with Crippen LogP contribution in [0.1, 0.15) is 43.9 Å². The van der Waals surface area contributed by atoms with Gasteiger partial charge in [0, 0.05) is 19.1 Å². The lowest BCUT2D eigenvalue weighted by Gasteiger charge is -2.35. The van der Waals surface area contributed by atoms with E-state index in [9.17, 15) is 0 Å². The lowest BCUT2D eigenvalue weighted by atomic mass is 9.91. The summed E-state index contributed by atoms with van der Waals surface area (Å²) in [7, 11) is 0. The van der Waals surface area contributed by atoms with E-state index in [1.165, 1.54) is 30.6 Å². The van der Waals surface area contributed by atoms with Gasteiger partial charge in [0.2, 0.25) is 0 Å². The van der Waals surface area contributed by atoms with Gasteiger partial charge >= 0.3 is 0 Å². The number of rotatable bonds is 4. The Balaban J connectivity index is 1.83. The second-order valence-corrected chi connectivity index (χ2v) is 6.51. The van der Waals surface area contributed by atoms with Gasteiger partial charge in [-0.2, -0.15) is 0 Å². The zero-order chi connectivity index (χ0) is 13.8. The maximum Gasteiger partial charge on any atom is 0.0307 e. The summed E-state index contributed by atoms with van der Waals surface area (Å²) >= 11 is 0. The SMILES string of the molecule is Cc1ccc(C(N)CCN2CC(C)CC(C)C2)cc1. The summed E-state index contributed by atoms with van der Waals surface area (Å²) in [5, 5.41) is 0. The van der Waals surface area contributed by atoms with E-state index < -0.39 is 0 Å². The Bertz CT molecular complexity index is 375. The first-order valence-electron chi connectivity index (χ1n) is 7.59. The van der Waals surface area contributed by atoms with Gasteiger partial charge in [-0.15, -0.1) is 0 Å². The summed E-state index contributed by atoms with van der Waals surface area (Å²) < 4.78 is 0. The van der Waals surface area contributed by atoms with Gasteiger partial charge < -0.3 is 10.6 Å². The fourth-order valence-corrected chi connectivity index (χ4v) is 3.28. The number of nitrogens with two attached hydrogens (primary N) is 1. The Morgan fingerprint density at radius 1 is 1.16 bits per heavy atom. The van der Waals surface area contributed by atoms with Crippen LogP contribution in [0.2, 0.25) is 0 Å². The smallest absolute Gasteiger partial charge is 0.0307 e. The van der Waals surface area contributed by atoms with Crippen molar-refractivity contribution in [2.75, 3.05) is 19.6 Å². The molecule has 2 rings (SSSR count). The molecule has 19 heavy (non-hydrogen) atoms. The van der Waals surface area contributed by atoms with Crippen LogP contribution in [0.3, 0.4) is 0 Å². The van der Waals surface area contributed by atoms with Crippen molar-refractivity contribution in [3.05, 3.63) is 35.4 Å². The molecular formula is C17H28N2. The topological polar surface area (TPSA) is 29.3 Å². The molecule has 3 unspecified atom stereocenters. The highest BCUT2D eigenvalue weighted by atomic mass is 15.1. The first kappa shape index (κ1) is 14.5. The van der Waals surface area contributed by atoms with E-state index in [0.717, 1.165) is 24.8 Å².